The molecule has 0 unspecified atom stereocenters. The van der Waals surface area contributed by atoms with E-state index in [1.54, 1.807) is 0 Å². The van der Waals surface area contributed by atoms with E-state index in [2.05, 4.69) is 34.9 Å². The average molecular weight is 481 g/mol. The summed E-state index contributed by atoms with van der Waals surface area (Å²) in [6, 6.07) is 16.2. The first-order valence-electron chi connectivity index (χ1n) is 12.2. The van der Waals surface area contributed by atoms with Crippen LogP contribution in [0.1, 0.15) is 49.1 Å². The van der Waals surface area contributed by atoms with Crippen LogP contribution in [0.25, 0.3) is 11.1 Å². The van der Waals surface area contributed by atoms with Crippen molar-refractivity contribution >= 4 is 18.0 Å². The molecule has 2 atom stereocenters. The molecule has 2 aliphatic carbocycles. The van der Waals surface area contributed by atoms with Crippen LogP contribution in [0.2, 0.25) is 0 Å². The third kappa shape index (κ3) is 6.39. The monoisotopic (exact) mass is 480 g/mol. The van der Waals surface area contributed by atoms with E-state index in [0.717, 1.165) is 36.8 Å². The number of alkyl carbamates (subject to hydrolysis) is 1. The summed E-state index contributed by atoms with van der Waals surface area (Å²) in [6.07, 6.45) is 3.10. The lowest BCUT2D eigenvalue weighted by Crippen LogP contribution is -2.44. The number of fused-ring (bicyclic) bond motifs is 3. The van der Waals surface area contributed by atoms with Crippen LogP contribution in [0.4, 0.5) is 4.79 Å². The second-order valence-electron chi connectivity index (χ2n) is 9.12. The van der Waals surface area contributed by atoms with Crippen molar-refractivity contribution in [1.82, 2.24) is 10.6 Å². The van der Waals surface area contributed by atoms with E-state index in [0.29, 0.717) is 0 Å². The number of carbonyl (C=O) groups excluding carboxylic acids is 2. The number of hydrogen-bond acceptors (Lipinski definition) is 5. The second-order valence-corrected chi connectivity index (χ2v) is 9.12. The summed E-state index contributed by atoms with van der Waals surface area (Å²) in [7, 11) is 0. The van der Waals surface area contributed by atoms with Gasteiger partial charge in [-0.25, -0.2) is 4.79 Å². The van der Waals surface area contributed by atoms with Gasteiger partial charge in [-0.1, -0.05) is 61.4 Å². The molecular weight excluding hydrogens is 448 g/mol. The molecule has 186 valence electrons. The fraction of sp³-hybridized carbons (Fsp3) is 0.444. The molecule has 2 amide bonds. The predicted octanol–water partition coefficient (Wildman–Crippen LogP) is 3.69. The zero-order chi connectivity index (χ0) is 24.6. The van der Waals surface area contributed by atoms with E-state index in [1.807, 2.05) is 24.3 Å². The molecular formula is C27H32N2O6. The van der Waals surface area contributed by atoms with Gasteiger partial charge in [-0.3, -0.25) is 9.59 Å². The summed E-state index contributed by atoms with van der Waals surface area (Å²) in [4.78, 5) is 35.4. The van der Waals surface area contributed by atoms with Crippen LogP contribution in [0.5, 0.6) is 0 Å². The summed E-state index contributed by atoms with van der Waals surface area (Å²) < 4.78 is 10.9. The Bertz CT molecular complexity index is 1010. The first kappa shape index (κ1) is 24.7. The predicted molar refractivity (Wildman–Crippen MR) is 130 cm³/mol. The van der Waals surface area contributed by atoms with Crippen LogP contribution < -0.4 is 10.6 Å². The molecule has 1 saturated carbocycles. The molecule has 0 radical (unpaired) electrons. The number of carboxylic acid groups (broad SMARTS) is 1. The summed E-state index contributed by atoms with van der Waals surface area (Å²) in [5.74, 6) is -1.15. The van der Waals surface area contributed by atoms with Crippen molar-refractivity contribution in [3.8, 4) is 11.1 Å². The number of benzene rings is 2. The van der Waals surface area contributed by atoms with E-state index < -0.39 is 12.1 Å². The molecule has 1 fully saturated rings. The highest BCUT2D eigenvalue weighted by Gasteiger charge is 2.29. The van der Waals surface area contributed by atoms with E-state index in [-0.39, 0.29) is 56.6 Å². The van der Waals surface area contributed by atoms with Gasteiger partial charge < -0.3 is 25.2 Å². The largest absolute Gasteiger partial charge is 0.481 e. The number of carboxylic acids is 1. The molecule has 0 bridgehead atoms. The number of carbonyl (C=O) groups is 3. The maximum atomic E-state index is 12.2. The maximum Gasteiger partial charge on any atom is 0.407 e. The van der Waals surface area contributed by atoms with Gasteiger partial charge in [-0.2, -0.15) is 0 Å². The van der Waals surface area contributed by atoms with Gasteiger partial charge in [-0.15, -0.1) is 0 Å². The number of hydrogen-bond donors (Lipinski definition) is 3. The molecule has 2 aromatic carbocycles. The Balaban J connectivity index is 1.14. The molecule has 2 aromatic rings. The summed E-state index contributed by atoms with van der Waals surface area (Å²) >= 11 is 0. The molecule has 8 heteroatoms. The Morgan fingerprint density at radius 1 is 0.943 bits per heavy atom. The van der Waals surface area contributed by atoms with Crippen LogP contribution in [-0.4, -0.2) is 55.5 Å². The van der Waals surface area contributed by atoms with Crippen molar-refractivity contribution in [3.05, 3.63) is 59.7 Å². The standard InChI is InChI=1S/C27H32N2O6/c30-25(29-24-12-6-1-7-18(24)15-26(31)32)17-34-14-13-28-27(33)35-16-23-21-10-4-2-8-19(21)20-9-3-5-11-22(20)23/h2-5,8-11,18,23-24H,1,6-7,12-17H2,(H,28,33)(H,29,30)(H,31,32)/t18-,24-/m1/s1. The van der Waals surface area contributed by atoms with Gasteiger partial charge in [-0.05, 0) is 41.0 Å². The average Bonchev–Trinajstić information content (AvgIpc) is 3.17. The second kappa shape index (κ2) is 11.8. The molecule has 35 heavy (non-hydrogen) atoms. The molecule has 3 N–H and O–H groups in total. The lowest BCUT2D eigenvalue weighted by atomic mass is 9.82. The van der Waals surface area contributed by atoms with E-state index in [4.69, 9.17) is 14.6 Å². The highest BCUT2D eigenvalue weighted by atomic mass is 16.5. The van der Waals surface area contributed by atoms with E-state index in [9.17, 15) is 14.4 Å². The smallest absolute Gasteiger partial charge is 0.407 e. The first-order chi connectivity index (χ1) is 17.0. The zero-order valence-corrected chi connectivity index (χ0v) is 19.7. The first-order valence-corrected chi connectivity index (χ1v) is 12.2. The van der Waals surface area contributed by atoms with Crippen LogP contribution in [-0.2, 0) is 19.1 Å². The lowest BCUT2D eigenvalue weighted by Gasteiger charge is -2.31. The van der Waals surface area contributed by atoms with Gasteiger partial charge in [0.1, 0.15) is 13.2 Å². The highest BCUT2D eigenvalue weighted by molar-refractivity contribution is 5.79. The van der Waals surface area contributed by atoms with Gasteiger partial charge in [0.15, 0.2) is 0 Å². The van der Waals surface area contributed by atoms with Crippen LogP contribution >= 0.6 is 0 Å². The molecule has 0 saturated heterocycles. The normalized spacial score (nSPS) is 18.9. The number of ether oxygens (including phenoxy) is 2. The maximum absolute atomic E-state index is 12.2. The van der Waals surface area contributed by atoms with Gasteiger partial charge >= 0.3 is 12.1 Å². The Morgan fingerprint density at radius 2 is 1.60 bits per heavy atom. The van der Waals surface area contributed by atoms with Crippen LogP contribution in [0.3, 0.4) is 0 Å². The Labute approximate surface area is 205 Å². The number of rotatable bonds is 10. The lowest BCUT2D eigenvalue weighted by molar-refractivity contribution is -0.139. The molecule has 8 nitrogen and oxygen atoms in total. The van der Waals surface area contributed by atoms with Gasteiger partial charge in [0.25, 0.3) is 0 Å². The molecule has 4 rings (SSSR count). The zero-order valence-electron chi connectivity index (χ0n) is 19.7. The van der Waals surface area contributed by atoms with Crippen molar-refractivity contribution in [2.45, 2.75) is 44.1 Å². The summed E-state index contributed by atoms with van der Waals surface area (Å²) in [5.41, 5.74) is 4.65. The summed E-state index contributed by atoms with van der Waals surface area (Å²) in [6.45, 7) is 0.487. The summed E-state index contributed by atoms with van der Waals surface area (Å²) in [5, 5.41) is 14.6. The fourth-order valence-electron chi connectivity index (χ4n) is 5.15. The number of aliphatic carboxylic acids is 1. The third-order valence-electron chi connectivity index (χ3n) is 6.78. The van der Waals surface area contributed by atoms with E-state index in [1.165, 1.54) is 11.1 Å². The van der Waals surface area contributed by atoms with Crippen molar-refractivity contribution in [3.63, 3.8) is 0 Å². The number of amides is 2. The minimum absolute atomic E-state index is 0.00200. The van der Waals surface area contributed by atoms with Crippen LogP contribution in [0.15, 0.2) is 48.5 Å². The van der Waals surface area contributed by atoms with Gasteiger partial charge in [0.2, 0.25) is 5.91 Å². The Kier molecular flexibility index (Phi) is 8.36. The van der Waals surface area contributed by atoms with E-state index >= 15 is 0 Å². The minimum Gasteiger partial charge on any atom is -0.481 e. The quantitative estimate of drug-likeness (QED) is 0.447. The SMILES string of the molecule is O=C(O)C[C@H]1CCCC[C@H]1NC(=O)COCCNC(=O)OCC1c2ccccc2-c2ccccc21. The molecule has 0 aliphatic heterocycles. The molecule has 0 aromatic heterocycles. The molecule has 2 aliphatic rings. The van der Waals surface area contributed by atoms with Crippen molar-refractivity contribution in [2.24, 2.45) is 5.92 Å². The van der Waals surface area contributed by atoms with Crippen LogP contribution in [0, 0.1) is 5.92 Å². The van der Waals surface area contributed by atoms with Gasteiger partial charge in [0, 0.05) is 18.5 Å². The van der Waals surface area contributed by atoms with Crippen molar-refractivity contribution in [2.75, 3.05) is 26.4 Å². The minimum atomic E-state index is -0.841. The Hall–Kier alpha value is -3.39. The van der Waals surface area contributed by atoms with Gasteiger partial charge in [0.05, 0.1) is 13.0 Å². The van der Waals surface area contributed by atoms with Crippen molar-refractivity contribution < 1.29 is 29.0 Å². The third-order valence-corrected chi connectivity index (χ3v) is 6.78. The topological polar surface area (TPSA) is 114 Å². The molecule has 0 heterocycles. The van der Waals surface area contributed by atoms with Crippen molar-refractivity contribution in [1.29, 1.82) is 0 Å². The molecule has 0 spiro atoms. The Morgan fingerprint density at radius 3 is 2.29 bits per heavy atom. The number of nitrogens with one attached hydrogen (secondary N) is 2. The highest BCUT2D eigenvalue weighted by Crippen LogP contribution is 2.44. The fourth-order valence-corrected chi connectivity index (χ4v) is 5.15.